The molecule has 14 nitrogen and oxygen atoms in total. The zero-order chi connectivity index (χ0) is 46.8. The summed E-state index contributed by atoms with van der Waals surface area (Å²) in [6.45, 7) is 5.77. The van der Waals surface area contributed by atoms with Crippen molar-refractivity contribution < 1.29 is 28.8 Å². The molecule has 0 bridgehead atoms. The molecule has 0 spiro atoms. The van der Waals surface area contributed by atoms with Crippen LogP contribution in [0.4, 0.5) is 34.1 Å². The fourth-order valence-corrected chi connectivity index (χ4v) is 6.90. The van der Waals surface area contributed by atoms with Crippen LogP contribution in [-0.2, 0) is 19.2 Å². The molecular weight excluding hydrogens is 949 g/mol. The van der Waals surface area contributed by atoms with Crippen LogP contribution >= 0.6 is 69.6 Å². The van der Waals surface area contributed by atoms with Crippen LogP contribution in [-0.4, -0.2) is 47.3 Å². The summed E-state index contributed by atoms with van der Waals surface area (Å²) in [5, 5.41) is 25.3. The van der Waals surface area contributed by atoms with Gasteiger partial charge in [0.05, 0.1) is 42.2 Å². The Hall–Kier alpha value is -5.74. The second-order valence-corrected chi connectivity index (χ2v) is 16.8. The second-order valence-electron chi connectivity index (χ2n) is 13.9. The van der Waals surface area contributed by atoms with Gasteiger partial charge in [-0.05, 0) is 99.5 Å². The van der Waals surface area contributed by atoms with Gasteiger partial charge in [0, 0.05) is 22.5 Å². The van der Waals surface area contributed by atoms with Crippen molar-refractivity contribution in [2.24, 2.45) is 20.5 Å². The van der Waals surface area contributed by atoms with Crippen LogP contribution < -0.4 is 21.3 Å². The van der Waals surface area contributed by atoms with Crippen molar-refractivity contribution in [3.63, 3.8) is 0 Å². The number of hydrogen-bond donors (Lipinski definition) is 4. The number of benzene rings is 5. The smallest absolute Gasteiger partial charge is 0.258 e. The number of azo groups is 2. The molecule has 5 rings (SSSR count). The van der Waals surface area contributed by atoms with E-state index in [1.165, 1.54) is 48.5 Å². The molecule has 0 aliphatic heterocycles. The van der Waals surface area contributed by atoms with Crippen molar-refractivity contribution in [2.45, 2.75) is 50.5 Å². The van der Waals surface area contributed by atoms with Gasteiger partial charge in [-0.1, -0.05) is 82.8 Å². The molecule has 64 heavy (non-hydrogen) atoms. The van der Waals surface area contributed by atoms with E-state index in [1.54, 1.807) is 62.4 Å². The van der Waals surface area contributed by atoms with E-state index in [9.17, 15) is 28.8 Å². The van der Waals surface area contributed by atoms with Crippen molar-refractivity contribution in [3.8, 4) is 0 Å². The van der Waals surface area contributed by atoms with Gasteiger partial charge in [0.1, 0.15) is 11.4 Å². The lowest BCUT2D eigenvalue weighted by Gasteiger charge is -2.15. The molecule has 0 saturated heterocycles. The van der Waals surface area contributed by atoms with Crippen LogP contribution in [0.3, 0.4) is 0 Å². The minimum Gasteiger partial charge on any atom is -0.322 e. The van der Waals surface area contributed by atoms with Crippen molar-refractivity contribution in [2.75, 3.05) is 21.3 Å². The molecule has 0 heterocycles. The molecule has 0 aromatic heterocycles. The van der Waals surface area contributed by atoms with Crippen LogP contribution in [0.5, 0.6) is 0 Å². The summed E-state index contributed by atoms with van der Waals surface area (Å²) in [6, 6.07) is 21.7. The van der Waals surface area contributed by atoms with E-state index in [4.69, 9.17) is 69.6 Å². The summed E-state index contributed by atoms with van der Waals surface area (Å²) >= 11 is 38.2. The van der Waals surface area contributed by atoms with Gasteiger partial charge in [-0.15, -0.1) is 23.2 Å². The summed E-state index contributed by atoms with van der Waals surface area (Å²) < 4.78 is 0. The monoisotopic (exact) mass is 982 g/mol. The molecule has 5 aromatic carbocycles. The maximum absolute atomic E-state index is 13.3. The number of carbonyl (C=O) groups excluding carboxylic acids is 6. The van der Waals surface area contributed by atoms with Crippen LogP contribution in [0.1, 0.15) is 70.3 Å². The summed E-state index contributed by atoms with van der Waals surface area (Å²) in [4.78, 5) is 78.1. The van der Waals surface area contributed by atoms with Gasteiger partial charge in [-0.25, -0.2) is 0 Å². The highest BCUT2D eigenvalue weighted by atomic mass is 35.5. The third kappa shape index (κ3) is 12.5. The minimum absolute atomic E-state index is 0.00370. The van der Waals surface area contributed by atoms with Crippen molar-refractivity contribution >= 4 is 139 Å². The lowest BCUT2D eigenvalue weighted by molar-refractivity contribution is -0.127. The Kier molecular flexibility index (Phi) is 17.1. The average molecular weight is 986 g/mol. The number of Topliss-reactive ketones (excluding diaryl/α,β-unsaturated/α-hetero) is 2. The standard InChI is InChI=1S/C44H36Cl6N8O6/c1-21(45)27-9-5-7-11-31(27)51-41(61)25-13-15-29(47)35(19-25)55-57-39(23(3)59)43(63)53-33-17-18-34(38(50)37(33)49)54-44(64)40(24(4)60)58-56-36-20-26(14-16-30(36)48)42(62)52-32-12-8-6-10-28(32)22(2)46/h5-22,39-40H,1-4H3,(H,51,61)(H,52,62)(H,53,63)(H,54,64). The first kappa shape index (κ1) is 49.3. The number of alkyl halides is 2. The molecule has 4 N–H and O–H groups in total. The fraction of sp³-hybridized carbons (Fsp3) is 0.182. The van der Waals surface area contributed by atoms with E-state index in [0.717, 1.165) is 13.8 Å². The largest absolute Gasteiger partial charge is 0.322 e. The summed E-state index contributed by atoms with van der Waals surface area (Å²) in [7, 11) is 0. The number of ketones is 2. The Morgan fingerprint density at radius 1 is 0.484 bits per heavy atom. The number of amides is 4. The highest BCUT2D eigenvalue weighted by molar-refractivity contribution is 6.46. The maximum Gasteiger partial charge on any atom is 0.258 e. The molecule has 330 valence electrons. The highest BCUT2D eigenvalue weighted by Gasteiger charge is 2.27. The summed E-state index contributed by atoms with van der Waals surface area (Å²) in [5.74, 6) is -4.30. The number of nitrogens with zero attached hydrogens (tertiary/aromatic N) is 4. The van der Waals surface area contributed by atoms with Crippen LogP contribution in [0.2, 0.25) is 20.1 Å². The third-order valence-electron chi connectivity index (χ3n) is 9.12. The molecule has 0 aliphatic rings. The van der Waals surface area contributed by atoms with Gasteiger partial charge < -0.3 is 21.3 Å². The second kappa shape index (κ2) is 22.2. The molecule has 0 fully saturated rings. The van der Waals surface area contributed by atoms with Crippen molar-refractivity contribution in [1.29, 1.82) is 0 Å². The normalized spacial score (nSPS) is 13.2. The lowest BCUT2D eigenvalue weighted by atomic mass is 10.1. The predicted octanol–water partition coefficient (Wildman–Crippen LogP) is 12.8. The number of anilines is 4. The van der Waals surface area contributed by atoms with E-state index in [2.05, 4.69) is 41.7 Å². The Bertz CT molecular complexity index is 2530. The molecule has 4 amide bonds. The quantitative estimate of drug-likeness (QED) is 0.0430. The Morgan fingerprint density at radius 2 is 0.844 bits per heavy atom. The topological polar surface area (TPSA) is 200 Å². The number of rotatable bonds is 16. The predicted molar refractivity (Wildman–Crippen MR) is 252 cm³/mol. The van der Waals surface area contributed by atoms with E-state index in [1.807, 2.05) is 0 Å². The molecule has 5 aromatic rings. The van der Waals surface area contributed by atoms with E-state index >= 15 is 0 Å². The Balaban J connectivity index is 1.27. The van der Waals surface area contributed by atoms with Crippen LogP contribution in [0, 0.1) is 0 Å². The lowest BCUT2D eigenvalue weighted by Crippen LogP contribution is -2.32. The molecule has 20 heteroatoms. The highest BCUT2D eigenvalue weighted by Crippen LogP contribution is 2.37. The van der Waals surface area contributed by atoms with Crippen LogP contribution in [0.25, 0.3) is 0 Å². The van der Waals surface area contributed by atoms with Gasteiger partial charge in [-0.2, -0.15) is 20.5 Å². The molecule has 0 saturated carbocycles. The van der Waals surface area contributed by atoms with Gasteiger partial charge in [0.15, 0.2) is 11.6 Å². The van der Waals surface area contributed by atoms with E-state index < -0.39 is 47.3 Å². The van der Waals surface area contributed by atoms with Gasteiger partial charge in [0.25, 0.3) is 23.6 Å². The molecule has 0 aliphatic carbocycles. The molecule has 4 atom stereocenters. The average Bonchev–Trinajstić information content (AvgIpc) is 3.24. The first-order valence-electron chi connectivity index (χ1n) is 19.0. The van der Waals surface area contributed by atoms with Gasteiger partial charge in [-0.3, -0.25) is 28.8 Å². The molecule has 0 radical (unpaired) electrons. The number of para-hydroxylation sites is 2. The minimum atomic E-state index is -1.69. The van der Waals surface area contributed by atoms with Crippen molar-refractivity contribution in [1.82, 2.24) is 0 Å². The zero-order valence-electron chi connectivity index (χ0n) is 34.1. The van der Waals surface area contributed by atoms with E-state index in [0.29, 0.717) is 22.5 Å². The number of hydrogen-bond acceptors (Lipinski definition) is 10. The third-order valence-corrected chi connectivity index (χ3v) is 11.1. The van der Waals surface area contributed by atoms with Gasteiger partial charge >= 0.3 is 0 Å². The number of carbonyl (C=O) groups is 6. The first-order chi connectivity index (χ1) is 30.4. The number of halogens is 6. The first-order valence-corrected chi connectivity index (χ1v) is 21.3. The van der Waals surface area contributed by atoms with E-state index in [-0.39, 0.29) is 64.7 Å². The Labute approximate surface area is 397 Å². The summed E-state index contributed by atoms with van der Waals surface area (Å²) in [5.41, 5.74) is 2.59. The molecule has 4 unspecified atom stereocenters. The zero-order valence-corrected chi connectivity index (χ0v) is 38.6. The fourth-order valence-electron chi connectivity index (χ4n) is 5.79. The maximum atomic E-state index is 13.3. The molecular formula is C44H36Cl6N8O6. The Morgan fingerprint density at radius 3 is 1.19 bits per heavy atom. The summed E-state index contributed by atoms with van der Waals surface area (Å²) in [6.07, 6.45) is 0. The van der Waals surface area contributed by atoms with Gasteiger partial charge in [0.2, 0.25) is 12.1 Å². The van der Waals surface area contributed by atoms with Crippen molar-refractivity contribution in [3.05, 3.63) is 139 Å². The SMILES string of the molecule is CC(=O)C(N=Nc1cc(C(=O)Nc2ccccc2C(C)Cl)ccc1Cl)C(=O)Nc1ccc(NC(=O)C(N=Nc2cc(C(=O)Nc3ccccc3C(C)Cl)ccc2Cl)C(C)=O)c(Cl)c1Cl. The van der Waals surface area contributed by atoms with Crippen LogP contribution in [0.15, 0.2) is 118 Å². The number of nitrogens with one attached hydrogen (secondary N) is 4.